The molecule has 2 N–H and O–H groups in total. The van der Waals surface area contributed by atoms with Crippen molar-refractivity contribution in [1.82, 2.24) is 10.0 Å². The van der Waals surface area contributed by atoms with Crippen molar-refractivity contribution in [2.24, 2.45) is 0 Å². The molecule has 0 aliphatic carbocycles. The fourth-order valence-electron chi connectivity index (χ4n) is 2.20. The summed E-state index contributed by atoms with van der Waals surface area (Å²) in [5.74, 6) is 0.416. The first kappa shape index (κ1) is 19.0. The lowest BCUT2D eigenvalue weighted by molar-refractivity contribution is 0.0926. The lowest BCUT2D eigenvalue weighted by Gasteiger charge is -2.16. The fourth-order valence-corrected chi connectivity index (χ4v) is 2.98. The Labute approximate surface area is 148 Å². The number of benzene rings is 2. The number of amides is 1. The van der Waals surface area contributed by atoms with Gasteiger partial charge in [0.25, 0.3) is 5.91 Å². The maximum atomic E-state index is 12.3. The molecule has 0 saturated heterocycles. The molecule has 0 bridgehead atoms. The van der Waals surface area contributed by atoms with Crippen LogP contribution in [-0.2, 0) is 10.0 Å². The quantitative estimate of drug-likeness (QED) is 0.790. The number of hydrogen-bond donors (Lipinski definition) is 2. The van der Waals surface area contributed by atoms with Gasteiger partial charge in [-0.3, -0.25) is 4.79 Å². The number of nitrogens with one attached hydrogen (secondary N) is 2. The topological polar surface area (TPSA) is 84.5 Å². The zero-order valence-electron chi connectivity index (χ0n) is 14.4. The highest BCUT2D eigenvalue weighted by Crippen LogP contribution is 2.16. The van der Waals surface area contributed by atoms with Crippen molar-refractivity contribution >= 4 is 15.9 Å². The van der Waals surface area contributed by atoms with E-state index in [1.54, 1.807) is 6.07 Å². The molecule has 0 aliphatic heterocycles. The maximum absolute atomic E-state index is 12.3. The molecule has 0 fully saturated rings. The molecule has 6 nitrogen and oxygen atoms in total. The molecule has 0 heterocycles. The van der Waals surface area contributed by atoms with Crippen LogP contribution in [0.5, 0.6) is 5.75 Å². The molecule has 1 atom stereocenters. The van der Waals surface area contributed by atoms with E-state index in [0.717, 1.165) is 11.3 Å². The van der Waals surface area contributed by atoms with Crippen LogP contribution in [0.25, 0.3) is 0 Å². The highest BCUT2D eigenvalue weighted by Gasteiger charge is 2.15. The summed E-state index contributed by atoms with van der Waals surface area (Å²) in [6.45, 7) is 4.09. The molecule has 2 aromatic rings. The van der Waals surface area contributed by atoms with E-state index in [1.165, 1.54) is 25.2 Å². The lowest BCUT2D eigenvalue weighted by Crippen LogP contribution is -2.37. The Bertz CT molecular complexity index is 850. The van der Waals surface area contributed by atoms with E-state index >= 15 is 0 Å². The molecule has 0 aromatic heterocycles. The maximum Gasteiger partial charge on any atom is 0.251 e. The second-order valence-electron chi connectivity index (χ2n) is 5.69. The normalized spacial score (nSPS) is 12.4. The standard InChI is InChI=1S/C18H22N2O4S/c1-13-7-4-5-10-17(13)24-12-14(2)20-18(21)15-8-6-9-16(11-15)25(22,23)19-3/h4-11,14,19H,12H2,1-3H3,(H,20,21)/t14-/m1/s1. The van der Waals surface area contributed by atoms with Crippen molar-refractivity contribution in [3.8, 4) is 5.75 Å². The Morgan fingerprint density at radius 1 is 1.16 bits per heavy atom. The van der Waals surface area contributed by atoms with E-state index in [9.17, 15) is 13.2 Å². The Balaban J connectivity index is 2.00. The lowest BCUT2D eigenvalue weighted by atomic mass is 10.2. The van der Waals surface area contributed by atoms with Crippen LogP contribution in [0.1, 0.15) is 22.8 Å². The molecule has 2 aromatic carbocycles. The zero-order chi connectivity index (χ0) is 18.4. The number of para-hydroxylation sites is 1. The second-order valence-corrected chi connectivity index (χ2v) is 7.57. The minimum atomic E-state index is -3.59. The van der Waals surface area contributed by atoms with E-state index in [0.29, 0.717) is 6.61 Å². The summed E-state index contributed by atoms with van der Waals surface area (Å²) in [4.78, 5) is 12.4. The van der Waals surface area contributed by atoms with E-state index in [1.807, 2.05) is 38.1 Å². The van der Waals surface area contributed by atoms with Gasteiger partial charge in [-0.2, -0.15) is 0 Å². The molecule has 0 unspecified atom stereocenters. The number of rotatable bonds is 7. The molecule has 0 aliphatic rings. The Morgan fingerprint density at radius 2 is 1.88 bits per heavy atom. The van der Waals surface area contributed by atoms with Crippen LogP contribution < -0.4 is 14.8 Å². The van der Waals surface area contributed by atoms with Crippen molar-refractivity contribution in [3.63, 3.8) is 0 Å². The van der Waals surface area contributed by atoms with Crippen LogP contribution in [0.4, 0.5) is 0 Å². The summed E-state index contributed by atoms with van der Waals surface area (Å²) in [6.07, 6.45) is 0. The average Bonchev–Trinajstić information content (AvgIpc) is 2.61. The number of hydrogen-bond acceptors (Lipinski definition) is 4. The van der Waals surface area contributed by atoms with E-state index in [-0.39, 0.29) is 22.4 Å². The van der Waals surface area contributed by atoms with Gasteiger partial charge in [-0.25, -0.2) is 13.1 Å². The van der Waals surface area contributed by atoms with Crippen LogP contribution in [0, 0.1) is 6.92 Å². The van der Waals surface area contributed by atoms with Crippen molar-refractivity contribution in [1.29, 1.82) is 0 Å². The minimum Gasteiger partial charge on any atom is -0.491 e. The zero-order valence-corrected chi connectivity index (χ0v) is 15.3. The minimum absolute atomic E-state index is 0.0477. The highest BCUT2D eigenvalue weighted by atomic mass is 32.2. The van der Waals surface area contributed by atoms with Gasteiger partial charge in [0.15, 0.2) is 0 Å². The summed E-state index contributed by atoms with van der Waals surface area (Å²) in [7, 11) is -2.26. The van der Waals surface area contributed by atoms with Gasteiger partial charge in [0.1, 0.15) is 12.4 Å². The van der Waals surface area contributed by atoms with Gasteiger partial charge in [0.2, 0.25) is 10.0 Å². The Morgan fingerprint density at radius 3 is 2.56 bits per heavy atom. The van der Waals surface area contributed by atoms with Gasteiger partial charge in [0, 0.05) is 5.56 Å². The molecular formula is C18H22N2O4S. The van der Waals surface area contributed by atoms with Crippen molar-refractivity contribution < 1.29 is 17.9 Å². The summed E-state index contributed by atoms with van der Waals surface area (Å²) in [6, 6.07) is 13.3. The van der Waals surface area contributed by atoms with Crippen molar-refractivity contribution in [3.05, 3.63) is 59.7 Å². The molecule has 0 spiro atoms. The molecule has 0 saturated carbocycles. The van der Waals surface area contributed by atoms with Crippen molar-refractivity contribution in [2.75, 3.05) is 13.7 Å². The van der Waals surface area contributed by atoms with Crippen LogP contribution >= 0.6 is 0 Å². The number of carbonyl (C=O) groups excluding carboxylic acids is 1. The number of ether oxygens (including phenoxy) is 1. The molecule has 2 rings (SSSR count). The van der Waals surface area contributed by atoms with Crippen LogP contribution in [-0.4, -0.2) is 34.0 Å². The first-order chi connectivity index (χ1) is 11.8. The molecule has 0 radical (unpaired) electrons. The number of aryl methyl sites for hydroxylation is 1. The number of carbonyl (C=O) groups is 1. The monoisotopic (exact) mass is 362 g/mol. The largest absolute Gasteiger partial charge is 0.491 e. The third kappa shape index (κ3) is 5.04. The van der Waals surface area contributed by atoms with E-state index in [4.69, 9.17) is 4.74 Å². The first-order valence-corrected chi connectivity index (χ1v) is 9.34. The summed E-state index contributed by atoms with van der Waals surface area (Å²) >= 11 is 0. The van der Waals surface area contributed by atoms with Crippen LogP contribution in [0.3, 0.4) is 0 Å². The molecule has 1 amide bonds. The molecular weight excluding hydrogens is 340 g/mol. The highest BCUT2D eigenvalue weighted by molar-refractivity contribution is 7.89. The molecule has 25 heavy (non-hydrogen) atoms. The van der Waals surface area contributed by atoms with Crippen molar-refractivity contribution in [2.45, 2.75) is 24.8 Å². The smallest absolute Gasteiger partial charge is 0.251 e. The third-order valence-corrected chi connectivity index (χ3v) is 5.05. The summed E-state index contributed by atoms with van der Waals surface area (Å²) < 4.78 is 31.6. The summed E-state index contributed by atoms with van der Waals surface area (Å²) in [5, 5.41) is 2.80. The van der Waals surface area contributed by atoms with E-state index in [2.05, 4.69) is 10.0 Å². The Hall–Kier alpha value is -2.38. The Kier molecular flexibility index (Phi) is 6.17. The van der Waals surface area contributed by atoms with Crippen LogP contribution in [0.2, 0.25) is 0 Å². The number of sulfonamides is 1. The van der Waals surface area contributed by atoms with Gasteiger partial charge in [-0.1, -0.05) is 24.3 Å². The average molecular weight is 362 g/mol. The van der Waals surface area contributed by atoms with Gasteiger partial charge >= 0.3 is 0 Å². The van der Waals surface area contributed by atoms with Gasteiger partial charge in [0.05, 0.1) is 10.9 Å². The van der Waals surface area contributed by atoms with Gasteiger partial charge in [-0.15, -0.1) is 0 Å². The molecule has 7 heteroatoms. The predicted octanol–water partition coefficient (Wildman–Crippen LogP) is 2.10. The van der Waals surface area contributed by atoms with Gasteiger partial charge in [-0.05, 0) is 50.7 Å². The first-order valence-electron chi connectivity index (χ1n) is 7.86. The predicted molar refractivity (Wildman–Crippen MR) is 96.3 cm³/mol. The van der Waals surface area contributed by atoms with E-state index < -0.39 is 10.0 Å². The summed E-state index contributed by atoms with van der Waals surface area (Å²) in [5.41, 5.74) is 1.30. The van der Waals surface area contributed by atoms with Crippen LogP contribution in [0.15, 0.2) is 53.4 Å². The SMILES string of the molecule is CNS(=O)(=O)c1cccc(C(=O)N[C@H](C)COc2ccccc2C)c1. The fraction of sp³-hybridized carbons (Fsp3) is 0.278. The second kappa shape index (κ2) is 8.13. The van der Waals surface area contributed by atoms with Gasteiger partial charge < -0.3 is 10.1 Å². The molecule has 134 valence electrons. The third-order valence-electron chi connectivity index (χ3n) is 3.64.